The minimum atomic E-state index is -1.05. The van der Waals surface area contributed by atoms with Gasteiger partial charge >= 0.3 is 12.2 Å². The van der Waals surface area contributed by atoms with Crippen LogP contribution in [-0.2, 0) is 43.7 Å². The number of nitrogens with zero attached hydrogens (tertiary/aromatic N) is 2. The van der Waals surface area contributed by atoms with E-state index in [4.69, 9.17) is 14.2 Å². The van der Waals surface area contributed by atoms with Gasteiger partial charge in [-0.05, 0) is 121 Å². The molecule has 0 radical (unpaired) electrons. The molecule has 0 unspecified atom stereocenters. The highest BCUT2D eigenvalue weighted by atomic mass is 16.6. The van der Waals surface area contributed by atoms with Crippen molar-refractivity contribution in [3.8, 4) is 0 Å². The number of fused-ring (bicyclic) bond motifs is 4. The number of amides is 2. The van der Waals surface area contributed by atoms with Crippen LogP contribution in [0.15, 0.2) is 66.7 Å². The molecule has 0 atom stereocenters. The highest BCUT2D eigenvalue weighted by molar-refractivity contribution is 6.02. The molecule has 2 heterocycles. The van der Waals surface area contributed by atoms with Crippen LogP contribution in [0.25, 0.3) is 0 Å². The Morgan fingerprint density at radius 1 is 0.655 bits per heavy atom. The SMILES string of the molecule is CCOCc1ccc2c(c1)N(C(=O)O)c1ccc(C=O)c(C(C)(C)C)c1C2(C)C.CCOCc1ccc2c(c1)N(C(=O)OC(C)(C)C)c1ccc(C=O)cc1C2(C)C. The van der Waals surface area contributed by atoms with E-state index in [0.717, 1.165) is 62.9 Å². The summed E-state index contributed by atoms with van der Waals surface area (Å²) in [6, 6.07) is 20.8. The third kappa shape index (κ3) is 8.45. The summed E-state index contributed by atoms with van der Waals surface area (Å²) in [5, 5.41) is 10.1. The lowest BCUT2D eigenvalue weighted by molar-refractivity contribution is 0.0597. The number of carbonyl (C=O) groups excluding carboxylic acids is 3. The van der Waals surface area contributed by atoms with Crippen LogP contribution in [0.3, 0.4) is 0 Å². The van der Waals surface area contributed by atoms with E-state index in [-0.39, 0.29) is 10.8 Å². The summed E-state index contributed by atoms with van der Waals surface area (Å²) in [5.41, 5.74) is 8.68. The van der Waals surface area contributed by atoms with Gasteiger partial charge in [0, 0.05) is 35.2 Å². The van der Waals surface area contributed by atoms with Crippen molar-refractivity contribution >= 4 is 47.5 Å². The third-order valence-electron chi connectivity index (χ3n) is 10.7. The standard InChI is InChI=1S/2C24H29NO4/c1-7-28-15-17-8-10-18-21(13-17)25(22(27)29-23(2,3)4)20-11-9-16(14-26)12-19(20)24(18,5)6;1-7-29-14-15-8-10-17-19(12-15)25(22(27)28)18-11-9-16(13-26)20(23(2,3)4)21(18)24(17,5)6/h8-14H,7,15H2,1-6H3;8-13H,7,14H2,1-6H3,(H,27,28). The molecule has 0 saturated heterocycles. The van der Waals surface area contributed by atoms with Crippen molar-refractivity contribution < 1.29 is 38.5 Å². The molecule has 10 heteroatoms. The number of aldehydes is 2. The Morgan fingerprint density at radius 3 is 1.67 bits per heavy atom. The predicted molar refractivity (Wildman–Crippen MR) is 229 cm³/mol. The molecule has 0 spiro atoms. The number of rotatable bonds is 8. The van der Waals surface area contributed by atoms with Crippen molar-refractivity contribution in [2.75, 3.05) is 23.0 Å². The molecular formula is C48H58N2O8. The first-order chi connectivity index (χ1) is 27.1. The molecular weight excluding hydrogens is 733 g/mol. The van der Waals surface area contributed by atoms with E-state index in [9.17, 15) is 24.3 Å². The van der Waals surface area contributed by atoms with Crippen molar-refractivity contribution in [3.05, 3.63) is 117 Å². The highest BCUT2D eigenvalue weighted by Crippen LogP contribution is 2.53. The summed E-state index contributed by atoms with van der Waals surface area (Å²) in [4.78, 5) is 51.8. The van der Waals surface area contributed by atoms with Crippen LogP contribution in [0.5, 0.6) is 0 Å². The fourth-order valence-electron chi connectivity index (χ4n) is 8.11. The van der Waals surface area contributed by atoms with Gasteiger partial charge in [0.1, 0.15) is 18.2 Å². The third-order valence-corrected chi connectivity index (χ3v) is 10.7. The number of anilines is 4. The summed E-state index contributed by atoms with van der Waals surface area (Å²) in [5.74, 6) is 0. The van der Waals surface area contributed by atoms with E-state index in [1.54, 1.807) is 23.1 Å². The number of hydrogen-bond acceptors (Lipinski definition) is 7. The first kappa shape index (κ1) is 43.8. The lowest BCUT2D eigenvalue weighted by Crippen LogP contribution is -2.40. The van der Waals surface area contributed by atoms with Crippen LogP contribution >= 0.6 is 0 Å². The first-order valence-corrected chi connectivity index (χ1v) is 19.8. The fourth-order valence-corrected chi connectivity index (χ4v) is 8.11. The quantitative estimate of drug-likeness (QED) is 0.175. The zero-order chi connectivity index (χ0) is 43.0. The van der Waals surface area contributed by atoms with Crippen molar-refractivity contribution in [1.82, 2.24) is 0 Å². The molecule has 2 aliphatic heterocycles. The van der Waals surface area contributed by atoms with Gasteiger partial charge in [-0.1, -0.05) is 72.7 Å². The molecule has 308 valence electrons. The number of benzene rings is 4. The number of carboxylic acid groups (broad SMARTS) is 1. The largest absolute Gasteiger partial charge is 0.464 e. The van der Waals surface area contributed by atoms with E-state index >= 15 is 0 Å². The van der Waals surface area contributed by atoms with Gasteiger partial charge < -0.3 is 19.3 Å². The molecule has 0 aromatic heterocycles. The maximum atomic E-state index is 13.2. The zero-order valence-corrected chi connectivity index (χ0v) is 36.0. The number of ether oxygens (including phenoxy) is 3. The molecule has 6 rings (SSSR count). The summed E-state index contributed by atoms with van der Waals surface area (Å²) >= 11 is 0. The Hall–Kier alpha value is -5.32. The van der Waals surface area contributed by atoms with Gasteiger partial charge in [-0.25, -0.2) is 19.4 Å². The first-order valence-electron chi connectivity index (χ1n) is 19.8. The molecule has 2 amide bonds. The summed E-state index contributed by atoms with van der Waals surface area (Å²) < 4.78 is 16.8. The van der Waals surface area contributed by atoms with E-state index in [2.05, 4.69) is 48.5 Å². The van der Waals surface area contributed by atoms with Gasteiger partial charge in [0.15, 0.2) is 0 Å². The molecule has 0 saturated carbocycles. The minimum absolute atomic E-state index is 0.324. The Labute approximate surface area is 343 Å². The lowest BCUT2D eigenvalue weighted by atomic mass is 9.66. The molecule has 0 aliphatic carbocycles. The van der Waals surface area contributed by atoms with Crippen LogP contribution in [0.4, 0.5) is 32.3 Å². The minimum Gasteiger partial charge on any atom is -0.464 e. The smallest absolute Gasteiger partial charge is 0.419 e. The van der Waals surface area contributed by atoms with E-state index in [0.29, 0.717) is 48.9 Å². The summed E-state index contributed by atoms with van der Waals surface area (Å²) in [6.45, 7) is 26.1. The monoisotopic (exact) mass is 790 g/mol. The Bertz CT molecular complexity index is 2220. The second-order valence-corrected chi connectivity index (χ2v) is 17.8. The maximum Gasteiger partial charge on any atom is 0.419 e. The number of carbonyl (C=O) groups is 4. The molecule has 0 fully saturated rings. The Morgan fingerprint density at radius 2 is 1.19 bits per heavy atom. The Balaban J connectivity index is 0.000000221. The van der Waals surface area contributed by atoms with E-state index in [1.807, 2.05) is 83.1 Å². The van der Waals surface area contributed by atoms with Gasteiger partial charge in [-0.2, -0.15) is 0 Å². The van der Waals surface area contributed by atoms with Gasteiger partial charge in [0.05, 0.1) is 36.0 Å². The van der Waals surface area contributed by atoms with Crippen LogP contribution in [-0.4, -0.2) is 48.7 Å². The molecule has 2 aliphatic rings. The maximum absolute atomic E-state index is 13.2. The van der Waals surface area contributed by atoms with Crippen LogP contribution in [0.1, 0.15) is 143 Å². The molecule has 0 bridgehead atoms. The van der Waals surface area contributed by atoms with E-state index in [1.165, 1.54) is 4.90 Å². The topological polar surface area (TPSA) is 123 Å². The predicted octanol–water partition coefficient (Wildman–Crippen LogP) is 11.5. The van der Waals surface area contributed by atoms with Gasteiger partial charge in [-0.3, -0.25) is 9.59 Å². The normalized spacial score (nSPS) is 14.8. The zero-order valence-electron chi connectivity index (χ0n) is 36.0. The molecule has 58 heavy (non-hydrogen) atoms. The van der Waals surface area contributed by atoms with E-state index < -0.39 is 23.2 Å². The highest BCUT2D eigenvalue weighted by Gasteiger charge is 2.43. The van der Waals surface area contributed by atoms with Crippen molar-refractivity contribution in [2.24, 2.45) is 0 Å². The fraction of sp³-hybridized carbons (Fsp3) is 0.417. The summed E-state index contributed by atoms with van der Waals surface area (Å²) in [6.07, 6.45) is 0.204. The van der Waals surface area contributed by atoms with Crippen molar-refractivity contribution in [3.63, 3.8) is 0 Å². The van der Waals surface area contributed by atoms with Crippen LogP contribution in [0, 0.1) is 0 Å². The van der Waals surface area contributed by atoms with Crippen molar-refractivity contribution in [1.29, 1.82) is 0 Å². The van der Waals surface area contributed by atoms with Crippen LogP contribution < -0.4 is 9.80 Å². The Kier molecular flexibility index (Phi) is 12.5. The van der Waals surface area contributed by atoms with Crippen molar-refractivity contribution in [2.45, 2.75) is 118 Å². The molecule has 4 aromatic carbocycles. The van der Waals surface area contributed by atoms with Crippen LogP contribution in [0.2, 0.25) is 0 Å². The second kappa shape index (κ2) is 16.5. The molecule has 1 N–H and O–H groups in total. The van der Waals surface area contributed by atoms with Gasteiger partial charge in [-0.15, -0.1) is 0 Å². The molecule has 10 nitrogen and oxygen atoms in total. The molecule has 4 aromatic rings. The van der Waals surface area contributed by atoms with Gasteiger partial charge in [0.2, 0.25) is 0 Å². The lowest BCUT2D eigenvalue weighted by Gasteiger charge is -2.43. The average Bonchev–Trinajstić information content (AvgIpc) is 3.14. The average molecular weight is 791 g/mol. The second-order valence-electron chi connectivity index (χ2n) is 17.8. The summed E-state index contributed by atoms with van der Waals surface area (Å²) in [7, 11) is 0. The number of hydrogen-bond donors (Lipinski definition) is 1. The van der Waals surface area contributed by atoms with Gasteiger partial charge in [0.25, 0.3) is 0 Å².